The lowest BCUT2D eigenvalue weighted by atomic mass is 10.0. The molecule has 1 aromatic heterocycles. The molecule has 3 rings (SSSR count). The third-order valence-corrected chi connectivity index (χ3v) is 4.71. The molecular weight excluding hydrogens is 258 g/mol. The van der Waals surface area contributed by atoms with Crippen LogP contribution < -0.4 is 5.73 Å². The summed E-state index contributed by atoms with van der Waals surface area (Å²) in [5, 5.41) is 10.5. The summed E-state index contributed by atoms with van der Waals surface area (Å²) in [4.78, 5) is 0. The fraction of sp³-hybridized carbons (Fsp3) is 0.429. The van der Waals surface area contributed by atoms with Crippen LogP contribution in [0.15, 0.2) is 30.3 Å². The zero-order chi connectivity index (χ0) is 13.2. The Kier molecular flexibility index (Phi) is 3.59. The molecule has 100 valence electrons. The van der Waals surface area contributed by atoms with Gasteiger partial charge in [0, 0.05) is 12.5 Å². The maximum absolute atomic E-state index is 6.24. The van der Waals surface area contributed by atoms with Gasteiger partial charge in [-0.05, 0) is 18.9 Å². The van der Waals surface area contributed by atoms with Gasteiger partial charge in [-0.1, -0.05) is 41.7 Å². The molecular formula is C14H17N3OS. The fourth-order valence-corrected chi connectivity index (χ4v) is 3.48. The van der Waals surface area contributed by atoms with Gasteiger partial charge < -0.3 is 10.5 Å². The minimum atomic E-state index is -0.190. The largest absolute Gasteiger partial charge is 0.378 e. The highest BCUT2D eigenvalue weighted by Gasteiger charge is 2.29. The average Bonchev–Trinajstić information content (AvgIpc) is 3.07. The van der Waals surface area contributed by atoms with Gasteiger partial charge >= 0.3 is 0 Å². The lowest BCUT2D eigenvalue weighted by Crippen LogP contribution is -2.11. The van der Waals surface area contributed by atoms with Crippen LogP contribution in [0.3, 0.4) is 0 Å². The van der Waals surface area contributed by atoms with Crippen LogP contribution in [0.5, 0.6) is 0 Å². The SMILES string of the molecule is CC1OCCC1c1nnc(C(N)c2ccccc2)s1. The normalized spacial score (nSPS) is 24.5. The molecule has 19 heavy (non-hydrogen) atoms. The van der Waals surface area contributed by atoms with Crippen molar-refractivity contribution in [2.45, 2.75) is 31.4 Å². The Morgan fingerprint density at radius 2 is 2.11 bits per heavy atom. The number of hydrogen-bond donors (Lipinski definition) is 1. The minimum Gasteiger partial charge on any atom is -0.378 e. The molecule has 0 radical (unpaired) electrons. The number of benzene rings is 1. The van der Waals surface area contributed by atoms with Gasteiger partial charge in [-0.25, -0.2) is 0 Å². The molecule has 2 heterocycles. The van der Waals surface area contributed by atoms with E-state index in [9.17, 15) is 0 Å². The Labute approximate surface area is 116 Å². The lowest BCUT2D eigenvalue weighted by molar-refractivity contribution is 0.118. The van der Waals surface area contributed by atoms with E-state index in [2.05, 4.69) is 17.1 Å². The number of aromatic nitrogens is 2. The standard InChI is InChI=1S/C14H17N3OS/c1-9-11(7-8-18-9)13-16-17-14(19-13)12(15)10-5-3-2-4-6-10/h2-6,9,11-12H,7-8,15H2,1H3. The predicted molar refractivity (Wildman–Crippen MR) is 75.2 cm³/mol. The fourth-order valence-electron chi connectivity index (χ4n) is 2.38. The van der Waals surface area contributed by atoms with Crippen molar-refractivity contribution < 1.29 is 4.74 Å². The summed E-state index contributed by atoms with van der Waals surface area (Å²) < 4.78 is 5.58. The van der Waals surface area contributed by atoms with E-state index in [0.29, 0.717) is 5.92 Å². The lowest BCUT2D eigenvalue weighted by Gasteiger charge is -2.09. The smallest absolute Gasteiger partial charge is 0.138 e. The van der Waals surface area contributed by atoms with Crippen LogP contribution in [0.1, 0.15) is 40.9 Å². The van der Waals surface area contributed by atoms with E-state index >= 15 is 0 Å². The summed E-state index contributed by atoms with van der Waals surface area (Å²) >= 11 is 1.61. The van der Waals surface area contributed by atoms with Gasteiger partial charge in [-0.2, -0.15) is 0 Å². The maximum atomic E-state index is 6.24. The van der Waals surface area contributed by atoms with Gasteiger partial charge in [-0.3, -0.25) is 0 Å². The van der Waals surface area contributed by atoms with Crippen LogP contribution >= 0.6 is 11.3 Å². The monoisotopic (exact) mass is 275 g/mol. The van der Waals surface area contributed by atoms with Crippen molar-refractivity contribution in [3.8, 4) is 0 Å². The molecule has 0 aliphatic carbocycles. The Hall–Kier alpha value is -1.30. The average molecular weight is 275 g/mol. The Morgan fingerprint density at radius 1 is 1.32 bits per heavy atom. The molecule has 5 heteroatoms. The molecule has 1 fully saturated rings. The highest BCUT2D eigenvalue weighted by molar-refractivity contribution is 7.11. The number of nitrogens with two attached hydrogens (primary N) is 1. The minimum absolute atomic E-state index is 0.190. The van der Waals surface area contributed by atoms with Crippen LogP contribution in [0, 0.1) is 0 Å². The van der Waals surface area contributed by atoms with Crippen molar-refractivity contribution in [2.24, 2.45) is 5.73 Å². The van der Waals surface area contributed by atoms with Crippen LogP contribution in [0.4, 0.5) is 0 Å². The molecule has 3 unspecified atom stereocenters. The zero-order valence-electron chi connectivity index (χ0n) is 10.8. The van der Waals surface area contributed by atoms with Crippen LogP contribution in [-0.4, -0.2) is 22.9 Å². The molecule has 0 amide bonds. The number of ether oxygens (including phenoxy) is 1. The molecule has 1 saturated heterocycles. The second-order valence-electron chi connectivity index (χ2n) is 4.84. The summed E-state index contributed by atoms with van der Waals surface area (Å²) in [7, 11) is 0. The van der Waals surface area contributed by atoms with Gasteiger partial charge in [0.1, 0.15) is 10.0 Å². The van der Waals surface area contributed by atoms with E-state index < -0.39 is 0 Å². The Bertz CT molecular complexity index is 543. The second-order valence-corrected chi connectivity index (χ2v) is 5.88. The highest BCUT2D eigenvalue weighted by atomic mass is 32.1. The van der Waals surface area contributed by atoms with Gasteiger partial charge in [0.15, 0.2) is 0 Å². The van der Waals surface area contributed by atoms with Gasteiger partial charge in [-0.15, -0.1) is 10.2 Å². The molecule has 1 aliphatic rings. The summed E-state index contributed by atoms with van der Waals surface area (Å²) in [5.41, 5.74) is 7.31. The van der Waals surface area contributed by atoms with Gasteiger partial charge in [0.25, 0.3) is 0 Å². The van der Waals surface area contributed by atoms with Crippen molar-refractivity contribution in [3.05, 3.63) is 45.9 Å². The quantitative estimate of drug-likeness (QED) is 0.935. The zero-order valence-corrected chi connectivity index (χ0v) is 11.6. The topological polar surface area (TPSA) is 61.0 Å². The number of hydrogen-bond acceptors (Lipinski definition) is 5. The van der Waals surface area contributed by atoms with Crippen molar-refractivity contribution in [1.82, 2.24) is 10.2 Å². The van der Waals surface area contributed by atoms with Gasteiger partial charge in [0.05, 0.1) is 12.1 Å². The van der Waals surface area contributed by atoms with E-state index in [1.165, 1.54) is 0 Å². The number of nitrogens with zero attached hydrogens (tertiary/aromatic N) is 2. The van der Waals surface area contributed by atoms with E-state index in [1.807, 2.05) is 30.3 Å². The molecule has 2 aromatic rings. The molecule has 0 spiro atoms. The van der Waals surface area contributed by atoms with E-state index in [-0.39, 0.29) is 12.1 Å². The third-order valence-electron chi connectivity index (χ3n) is 3.57. The third kappa shape index (κ3) is 2.54. The summed E-state index contributed by atoms with van der Waals surface area (Å²) in [6.45, 7) is 2.90. The van der Waals surface area contributed by atoms with E-state index in [4.69, 9.17) is 10.5 Å². The predicted octanol–water partition coefficient (Wildman–Crippen LogP) is 2.48. The first kappa shape index (κ1) is 12.7. The molecule has 0 bridgehead atoms. The number of rotatable bonds is 3. The van der Waals surface area contributed by atoms with Crippen LogP contribution in [0.25, 0.3) is 0 Å². The molecule has 4 nitrogen and oxygen atoms in total. The summed E-state index contributed by atoms with van der Waals surface area (Å²) in [6, 6.07) is 9.82. The summed E-state index contributed by atoms with van der Waals surface area (Å²) in [6.07, 6.45) is 1.25. The Balaban J connectivity index is 1.81. The van der Waals surface area contributed by atoms with E-state index in [0.717, 1.165) is 28.6 Å². The van der Waals surface area contributed by atoms with Crippen LogP contribution in [-0.2, 0) is 4.74 Å². The van der Waals surface area contributed by atoms with Gasteiger partial charge in [0.2, 0.25) is 0 Å². The van der Waals surface area contributed by atoms with E-state index in [1.54, 1.807) is 11.3 Å². The van der Waals surface area contributed by atoms with Crippen molar-refractivity contribution in [2.75, 3.05) is 6.61 Å². The molecule has 3 atom stereocenters. The maximum Gasteiger partial charge on any atom is 0.138 e. The van der Waals surface area contributed by atoms with Crippen molar-refractivity contribution in [3.63, 3.8) is 0 Å². The first-order valence-corrected chi connectivity index (χ1v) is 7.33. The first-order chi connectivity index (χ1) is 9.25. The van der Waals surface area contributed by atoms with Crippen molar-refractivity contribution >= 4 is 11.3 Å². The summed E-state index contributed by atoms with van der Waals surface area (Å²) in [5.74, 6) is 0.370. The molecule has 1 aliphatic heterocycles. The molecule has 1 aromatic carbocycles. The second kappa shape index (κ2) is 5.36. The van der Waals surface area contributed by atoms with Crippen molar-refractivity contribution in [1.29, 1.82) is 0 Å². The molecule has 0 saturated carbocycles. The first-order valence-electron chi connectivity index (χ1n) is 6.51. The molecule has 2 N–H and O–H groups in total. The highest BCUT2D eigenvalue weighted by Crippen LogP contribution is 2.34. The Morgan fingerprint density at radius 3 is 2.79 bits per heavy atom. The van der Waals surface area contributed by atoms with Crippen LogP contribution in [0.2, 0.25) is 0 Å².